The average Bonchev–Trinajstić information content (AvgIpc) is 2.42. The summed E-state index contributed by atoms with van der Waals surface area (Å²) < 4.78 is 5.24. The Hall–Kier alpha value is -0.690. The van der Waals surface area contributed by atoms with E-state index in [4.69, 9.17) is 9.84 Å². The number of likely N-dealkylation sites (N-methyl/N-ethyl adjacent to an activating group) is 1. The van der Waals surface area contributed by atoms with E-state index in [1.807, 2.05) is 6.92 Å². The molecule has 1 atom stereocenters. The minimum absolute atomic E-state index is 0.454. The van der Waals surface area contributed by atoms with Crippen LogP contribution in [0.5, 0.6) is 0 Å². The van der Waals surface area contributed by atoms with Crippen LogP contribution < -0.4 is 0 Å². The van der Waals surface area contributed by atoms with E-state index in [1.54, 1.807) is 0 Å². The lowest BCUT2D eigenvalue weighted by Gasteiger charge is -2.35. The first-order valence-corrected chi connectivity index (χ1v) is 7.46. The number of carboxylic acids is 1. The van der Waals surface area contributed by atoms with E-state index in [-0.39, 0.29) is 0 Å². The fourth-order valence-electron chi connectivity index (χ4n) is 2.36. The molecule has 1 N–H and O–H groups in total. The van der Waals surface area contributed by atoms with Gasteiger partial charge in [0.25, 0.3) is 0 Å². The van der Waals surface area contributed by atoms with Gasteiger partial charge in [0.2, 0.25) is 0 Å². The molecule has 0 spiro atoms. The predicted molar refractivity (Wildman–Crippen MR) is 79.1 cm³/mol. The lowest BCUT2D eigenvalue weighted by Crippen LogP contribution is -2.48. The second-order valence-electron chi connectivity index (χ2n) is 5.56. The molecule has 0 aromatic rings. The van der Waals surface area contributed by atoms with Gasteiger partial charge >= 0.3 is 5.97 Å². The largest absolute Gasteiger partial charge is 0.479 e. The SMILES string of the molecule is CCOC(CCN1CCN(CCN(C)C)CC1)C(=O)O. The van der Waals surface area contributed by atoms with E-state index >= 15 is 0 Å². The van der Waals surface area contributed by atoms with Crippen LogP contribution in [0.1, 0.15) is 13.3 Å². The second-order valence-corrected chi connectivity index (χ2v) is 5.56. The third-order valence-corrected chi connectivity index (χ3v) is 3.68. The molecule has 0 aromatic carbocycles. The summed E-state index contributed by atoms with van der Waals surface area (Å²) in [6.45, 7) is 9.47. The monoisotopic (exact) mass is 287 g/mol. The fourth-order valence-corrected chi connectivity index (χ4v) is 2.36. The minimum atomic E-state index is -0.850. The fraction of sp³-hybridized carbons (Fsp3) is 0.929. The highest BCUT2D eigenvalue weighted by Gasteiger charge is 2.21. The molecule has 1 rings (SSSR count). The van der Waals surface area contributed by atoms with E-state index in [0.717, 1.165) is 45.8 Å². The van der Waals surface area contributed by atoms with Crippen molar-refractivity contribution in [3.8, 4) is 0 Å². The Morgan fingerprint density at radius 2 is 1.75 bits per heavy atom. The molecule has 1 fully saturated rings. The Balaban J connectivity index is 2.20. The Bertz CT molecular complexity index is 279. The molecular formula is C14H29N3O3. The van der Waals surface area contributed by atoms with Crippen molar-refractivity contribution >= 4 is 5.97 Å². The average molecular weight is 287 g/mol. The maximum absolute atomic E-state index is 11.0. The number of aliphatic carboxylic acids is 1. The summed E-state index contributed by atoms with van der Waals surface area (Å²) >= 11 is 0. The Morgan fingerprint density at radius 3 is 2.20 bits per heavy atom. The third kappa shape index (κ3) is 6.65. The molecule has 118 valence electrons. The summed E-state index contributed by atoms with van der Waals surface area (Å²) in [5, 5.41) is 9.04. The number of piperazine rings is 1. The van der Waals surface area contributed by atoms with E-state index in [0.29, 0.717) is 13.0 Å². The molecule has 1 aliphatic heterocycles. The highest BCUT2D eigenvalue weighted by Crippen LogP contribution is 2.06. The zero-order valence-corrected chi connectivity index (χ0v) is 13.0. The van der Waals surface area contributed by atoms with Gasteiger partial charge in [-0.15, -0.1) is 0 Å². The van der Waals surface area contributed by atoms with Crippen molar-refractivity contribution in [3.63, 3.8) is 0 Å². The topological polar surface area (TPSA) is 56.2 Å². The van der Waals surface area contributed by atoms with E-state index < -0.39 is 12.1 Å². The van der Waals surface area contributed by atoms with E-state index in [1.165, 1.54) is 0 Å². The number of nitrogens with zero attached hydrogens (tertiary/aromatic N) is 3. The lowest BCUT2D eigenvalue weighted by molar-refractivity contribution is -0.150. The van der Waals surface area contributed by atoms with Gasteiger partial charge in [-0.25, -0.2) is 4.79 Å². The smallest absolute Gasteiger partial charge is 0.332 e. The zero-order valence-electron chi connectivity index (χ0n) is 13.0. The first-order valence-electron chi connectivity index (χ1n) is 7.46. The molecule has 0 radical (unpaired) electrons. The van der Waals surface area contributed by atoms with Crippen molar-refractivity contribution < 1.29 is 14.6 Å². The summed E-state index contributed by atoms with van der Waals surface area (Å²) in [6.07, 6.45) is -0.0901. The number of carboxylic acid groups (broad SMARTS) is 1. The molecular weight excluding hydrogens is 258 g/mol. The normalized spacial score (nSPS) is 19.4. The second kappa shape index (κ2) is 9.28. The summed E-state index contributed by atoms with van der Waals surface area (Å²) in [7, 11) is 4.19. The molecule has 6 nitrogen and oxygen atoms in total. The molecule has 6 heteroatoms. The van der Waals surface area contributed by atoms with Crippen LogP contribution in [0, 0.1) is 0 Å². The van der Waals surface area contributed by atoms with Crippen molar-refractivity contribution in [2.75, 3.05) is 66.5 Å². The van der Waals surface area contributed by atoms with Crippen LogP contribution in [0.25, 0.3) is 0 Å². The third-order valence-electron chi connectivity index (χ3n) is 3.68. The number of hydrogen-bond donors (Lipinski definition) is 1. The van der Waals surface area contributed by atoms with Gasteiger partial charge in [0.15, 0.2) is 6.10 Å². The number of carbonyl (C=O) groups is 1. The van der Waals surface area contributed by atoms with Gasteiger partial charge in [-0.05, 0) is 27.4 Å². The van der Waals surface area contributed by atoms with Crippen molar-refractivity contribution in [2.45, 2.75) is 19.4 Å². The Labute approximate surface area is 122 Å². The van der Waals surface area contributed by atoms with E-state index in [9.17, 15) is 4.79 Å². The molecule has 0 bridgehead atoms. The maximum Gasteiger partial charge on any atom is 0.332 e. The molecule has 0 aliphatic carbocycles. The van der Waals surface area contributed by atoms with Crippen LogP contribution >= 0.6 is 0 Å². The molecule has 0 aromatic heterocycles. The predicted octanol–water partition coefficient (Wildman–Crippen LogP) is 0.0454. The quantitative estimate of drug-likeness (QED) is 0.646. The summed E-state index contributed by atoms with van der Waals surface area (Å²) in [5.74, 6) is -0.850. The van der Waals surface area contributed by atoms with Crippen LogP contribution in [-0.2, 0) is 9.53 Å². The number of ether oxygens (including phenoxy) is 1. The van der Waals surface area contributed by atoms with Gasteiger partial charge in [-0.3, -0.25) is 4.90 Å². The van der Waals surface area contributed by atoms with Crippen molar-refractivity contribution in [3.05, 3.63) is 0 Å². The van der Waals surface area contributed by atoms with Crippen LogP contribution in [0.15, 0.2) is 0 Å². The molecule has 0 saturated carbocycles. The molecule has 1 heterocycles. The van der Waals surface area contributed by atoms with Crippen molar-refractivity contribution in [2.24, 2.45) is 0 Å². The molecule has 1 unspecified atom stereocenters. The lowest BCUT2D eigenvalue weighted by atomic mass is 10.2. The first-order chi connectivity index (χ1) is 9.52. The zero-order chi connectivity index (χ0) is 15.0. The van der Waals surface area contributed by atoms with Crippen LogP contribution in [-0.4, -0.2) is 98.4 Å². The van der Waals surface area contributed by atoms with Crippen LogP contribution in [0.4, 0.5) is 0 Å². The van der Waals surface area contributed by atoms with Crippen LogP contribution in [0.2, 0.25) is 0 Å². The van der Waals surface area contributed by atoms with Gasteiger partial charge in [0, 0.05) is 52.4 Å². The highest BCUT2D eigenvalue weighted by molar-refractivity contribution is 5.72. The van der Waals surface area contributed by atoms with Gasteiger partial charge in [0.1, 0.15) is 0 Å². The Morgan fingerprint density at radius 1 is 1.20 bits per heavy atom. The van der Waals surface area contributed by atoms with Crippen molar-refractivity contribution in [1.82, 2.24) is 14.7 Å². The molecule has 1 saturated heterocycles. The van der Waals surface area contributed by atoms with Gasteiger partial charge in [-0.1, -0.05) is 0 Å². The highest BCUT2D eigenvalue weighted by atomic mass is 16.5. The molecule has 1 aliphatic rings. The van der Waals surface area contributed by atoms with Crippen molar-refractivity contribution in [1.29, 1.82) is 0 Å². The molecule has 20 heavy (non-hydrogen) atoms. The van der Waals surface area contributed by atoms with Gasteiger partial charge in [-0.2, -0.15) is 0 Å². The summed E-state index contributed by atoms with van der Waals surface area (Å²) in [5.41, 5.74) is 0. The van der Waals surface area contributed by atoms with E-state index in [2.05, 4.69) is 28.8 Å². The number of rotatable bonds is 9. The van der Waals surface area contributed by atoms with Gasteiger partial charge < -0.3 is 19.6 Å². The molecule has 0 amide bonds. The van der Waals surface area contributed by atoms with Crippen LogP contribution in [0.3, 0.4) is 0 Å². The Kier molecular flexibility index (Phi) is 8.06. The summed E-state index contributed by atoms with van der Waals surface area (Å²) in [4.78, 5) is 18.0. The summed E-state index contributed by atoms with van der Waals surface area (Å²) in [6, 6.07) is 0. The minimum Gasteiger partial charge on any atom is -0.479 e. The maximum atomic E-state index is 11.0. The standard InChI is InChI=1S/C14H29N3O3/c1-4-20-13(14(18)19)5-6-16-9-11-17(12-10-16)8-7-15(2)3/h13H,4-12H2,1-3H3,(H,18,19). The number of hydrogen-bond acceptors (Lipinski definition) is 5. The van der Waals surface area contributed by atoms with Gasteiger partial charge in [0.05, 0.1) is 0 Å². The first kappa shape index (κ1) is 17.4.